The van der Waals surface area contributed by atoms with Gasteiger partial charge in [0.05, 0.1) is 10.3 Å². The summed E-state index contributed by atoms with van der Waals surface area (Å²) in [5.41, 5.74) is 4.29. The Kier molecular flexibility index (Phi) is 3.85. The number of rotatable bonds is 2. The average molecular weight is 363 g/mol. The Hall–Kier alpha value is -2.99. The zero-order chi connectivity index (χ0) is 18.4. The molecule has 0 aliphatic carbocycles. The lowest BCUT2D eigenvalue weighted by Crippen LogP contribution is -2.14. The minimum atomic E-state index is -0.231. The maximum Gasteiger partial charge on any atom is 0.266 e. The van der Waals surface area contributed by atoms with E-state index in [1.807, 2.05) is 51.1 Å². The fourth-order valence-corrected chi connectivity index (χ4v) is 3.92. The summed E-state index contributed by atoms with van der Waals surface area (Å²) in [6, 6.07) is 11.2. The number of amides is 1. The predicted molar refractivity (Wildman–Crippen MR) is 105 cm³/mol. The first-order valence-electron chi connectivity index (χ1n) is 8.24. The first kappa shape index (κ1) is 16.5. The highest BCUT2D eigenvalue weighted by Crippen LogP contribution is 2.24. The van der Waals surface area contributed by atoms with E-state index in [-0.39, 0.29) is 11.5 Å². The fourth-order valence-electron chi connectivity index (χ4n) is 3.01. The van der Waals surface area contributed by atoms with Gasteiger partial charge >= 0.3 is 0 Å². The SMILES string of the molecule is Cc1ccc(NC(=O)c2cc3c(=O)n4cccc(C)c4nc3s2)c(C)c1. The van der Waals surface area contributed by atoms with Crippen LogP contribution in [0.2, 0.25) is 0 Å². The molecule has 6 heteroatoms. The number of thiophene rings is 1. The summed E-state index contributed by atoms with van der Waals surface area (Å²) in [5.74, 6) is -0.231. The first-order chi connectivity index (χ1) is 12.4. The van der Waals surface area contributed by atoms with Crippen molar-refractivity contribution in [1.82, 2.24) is 9.38 Å². The summed E-state index contributed by atoms with van der Waals surface area (Å²) in [6.07, 6.45) is 1.70. The zero-order valence-corrected chi connectivity index (χ0v) is 15.5. The normalized spacial score (nSPS) is 11.2. The summed E-state index contributed by atoms with van der Waals surface area (Å²) in [5, 5.41) is 3.38. The number of aromatic nitrogens is 2. The van der Waals surface area contributed by atoms with E-state index < -0.39 is 0 Å². The van der Waals surface area contributed by atoms with Crippen molar-refractivity contribution in [1.29, 1.82) is 0 Å². The molecule has 0 atom stereocenters. The molecular weight excluding hydrogens is 346 g/mol. The van der Waals surface area contributed by atoms with Crippen LogP contribution >= 0.6 is 11.3 Å². The molecule has 0 fully saturated rings. The molecule has 5 nitrogen and oxygen atoms in total. The van der Waals surface area contributed by atoms with Crippen LogP contribution in [0.1, 0.15) is 26.4 Å². The maximum absolute atomic E-state index is 12.7. The number of hydrogen-bond acceptors (Lipinski definition) is 4. The van der Waals surface area contributed by atoms with Crippen molar-refractivity contribution in [3.63, 3.8) is 0 Å². The second-order valence-corrected chi connectivity index (χ2v) is 7.43. The van der Waals surface area contributed by atoms with Gasteiger partial charge in [-0.25, -0.2) is 4.98 Å². The molecule has 1 amide bonds. The van der Waals surface area contributed by atoms with Crippen molar-refractivity contribution < 1.29 is 4.79 Å². The van der Waals surface area contributed by atoms with Crippen molar-refractivity contribution in [2.75, 3.05) is 5.32 Å². The molecule has 0 spiro atoms. The molecule has 0 saturated carbocycles. The standard InChI is InChI=1S/C20H17N3O2S/c1-11-6-7-15(13(3)9-11)21-18(24)16-10-14-19(26-16)22-17-12(2)5-4-8-23(17)20(14)25/h4-10H,1-3H3,(H,21,24). The maximum atomic E-state index is 12.7. The molecule has 3 heterocycles. The molecule has 0 aliphatic rings. The largest absolute Gasteiger partial charge is 0.321 e. The molecular formula is C20H17N3O2S. The van der Waals surface area contributed by atoms with E-state index in [1.54, 1.807) is 12.3 Å². The molecule has 0 aliphatic heterocycles. The molecule has 130 valence electrons. The quantitative estimate of drug-likeness (QED) is 0.583. The minimum Gasteiger partial charge on any atom is -0.321 e. The van der Waals surface area contributed by atoms with Crippen LogP contribution in [0, 0.1) is 20.8 Å². The van der Waals surface area contributed by atoms with Crippen LogP contribution in [0.15, 0.2) is 47.4 Å². The summed E-state index contributed by atoms with van der Waals surface area (Å²) in [4.78, 5) is 31.0. The number of fused-ring (bicyclic) bond motifs is 2. The second-order valence-electron chi connectivity index (χ2n) is 6.40. The minimum absolute atomic E-state index is 0.157. The van der Waals surface area contributed by atoms with Gasteiger partial charge in [-0.3, -0.25) is 14.0 Å². The Bertz CT molecular complexity index is 1240. The van der Waals surface area contributed by atoms with E-state index in [4.69, 9.17) is 0 Å². The number of benzene rings is 1. The van der Waals surface area contributed by atoms with Gasteiger partial charge in [0, 0.05) is 11.9 Å². The lowest BCUT2D eigenvalue weighted by molar-refractivity contribution is 0.103. The van der Waals surface area contributed by atoms with Gasteiger partial charge in [-0.05, 0) is 50.1 Å². The Morgan fingerprint density at radius 2 is 1.92 bits per heavy atom. The smallest absolute Gasteiger partial charge is 0.266 e. The Labute approximate surface area is 153 Å². The number of pyridine rings is 1. The van der Waals surface area contributed by atoms with Crippen molar-refractivity contribution in [3.8, 4) is 0 Å². The number of nitrogens with one attached hydrogen (secondary N) is 1. The van der Waals surface area contributed by atoms with Gasteiger partial charge in [-0.2, -0.15) is 0 Å². The highest BCUT2D eigenvalue weighted by molar-refractivity contribution is 7.20. The van der Waals surface area contributed by atoms with Gasteiger partial charge in [-0.1, -0.05) is 23.8 Å². The molecule has 1 aromatic carbocycles. The third kappa shape index (κ3) is 2.68. The fraction of sp³-hybridized carbons (Fsp3) is 0.150. The molecule has 0 bridgehead atoms. The predicted octanol–water partition coefficient (Wildman–Crippen LogP) is 4.09. The highest BCUT2D eigenvalue weighted by Gasteiger charge is 2.16. The third-order valence-corrected chi connectivity index (χ3v) is 5.41. The number of hydrogen-bond donors (Lipinski definition) is 1. The lowest BCUT2D eigenvalue weighted by atomic mass is 10.1. The molecule has 1 N–H and O–H groups in total. The molecule has 3 aromatic heterocycles. The van der Waals surface area contributed by atoms with Crippen LogP contribution in [0.25, 0.3) is 15.9 Å². The van der Waals surface area contributed by atoms with Crippen molar-refractivity contribution in [2.45, 2.75) is 20.8 Å². The third-order valence-electron chi connectivity index (χ3n) is 4.39. The molecule has 26 heavy (non-hydrogen) atoms. The topological polar surface area (TPSA) is 63.5 Å². The van der Waals surface area contributed by atoms with Gasteiger partial charge in [0.2, 0.25) is 0 Å². The number of anilines is 1. The van der Waals surface area contributed by atoms with E-state index in [0.29, 0.717) is 20.7 Å². The van der Waals surface area contributed by atoms with Gasteiger partial charge in [0.15, 0.2) is 0 Å². The van der Waals surface area contributed by atoms with Crippen LogP contribution in [0.3, 0.4) is 0 Å². The number of aryl methyl sites for hydroxylation is 3. The summed E-state index contributed by atoms with van der Waals surface area (Å²) < 4.78 is 1.52. The van der Waals surface area contributed by atoms with Crippen LogP contribution < -0.4 is 10.9 Å². The molecule has 0 radical (unpaired) electrons. The van der Waals surface area contributed by atoms with Gasteiger partial charge < -0.3 is 5.32 Å². The van der Waals surface area contributed by atoms with Crippen molar-refractivity contribution in [3.05, 3.63) is 74.5 Å². The molecule has 4 aromatic rings. The van der Waals surface area contributed by atoms with Crippen LogP contribution in [-0.4, -0.2) is 15.3 Å². The average Bonchev–Trinajstić information content (AvgIpc) is 3.03. The summed E-state index contributed by atoms with van der Waals surface area (Å²) in [7, 11) is 0. The van der Waals surface area contributed by atoms with Crippen molar-refractivity contribution >= 4 is 38.8 Å². The number of nitrogens with zero attached hydrogens (tertiary/aromatic N) is 2. The van der Waals surface area contributed by atoms with Gasteiger partial charge in [0.1, 0.15) is 10.5 Å². The van der Waals surface area contributed by atoms with E-state index in [9.17, 15) is 9.59 Å². The van der Waals surface area contributed by atoms with Gasteiger partial charge in [0.25, 0.3) is 11.5 Å². The van der Waals surface area contributed by atoms with E-state index in [2.05, 4.69) is 10.3 Å². The Morgan fingerprint density at radius 3 is 2.69 bits per heavy atom. The monoisotopic (exact) mass is 363 g/mol. The molecule has 0 unspecified atom stereocenters. The molecule has 4 rings (SSSR count). The van der Waals surface area contributed by atoms with Crippen LogP contribution in [0.4, 0.5) is 5.69 Å². The van der Waals surface area contributed by atoms with E-state index >= 15 is 0 Å². The summed E-state index contributed by atoms with van der Waals surface area (Å²) >= 11 is 1.23. The highest BCUT2D eigenvalue weighted by atomic mass is 32.1. The molecule has 0 saturated heterocycles. The van der Waals surface area contributed by atoms with Crippen molar-refractivity contribution in [2.24, 2.45) is 0 Å². The lowest BCUT2D eigenvalue weighted by Gasteiger charge is -2.07. The zero-order valence-electron chi connectivity index (χ0n) is 14.7. The van der Waals surface area contributed by atoms with E-state index in [1.165, 1.54) is 15.7 Å². The summed E-state index contributed by atoms with van der Waals surface area (Å²) in [6.45, 7) is 5.88. The number of carbonyl (C=O) groups is 1. The second kappa shape index (κ2) is 6.07. The Morgan fingerprint density at radius 1 is 1.12 bits per heavy atom. The van der Waals surface area contributed by atoms with Crippen LogP contribution in [-0.2, 0) is 0 Å². The Balaban J connectivity index is 1.78. The van der Waals surface area contributed by atoms with Gasteiger partial charge in [-0.15, -0.1) is 11.3 Å². The first-order valence-corrected chi connectivity index (χ1v) is 9.06. The van der Waals surface area contributed by atoms with Crippen LogP contribution in [0.5, 0.6) is 0 Å². The van der Waals surface area contributed by atoms with E-state index in [0.717, 1.165) is 22.4 Å². The number of carbonyl (C=O) groups excluding carboxylic acids is 1.